The number of rotatable bonds is 8. The SMILES string of the molecule is CCCOc1ccc(OC)c(C(=O)CCN2CCNCC2)c1. The summed E-state index contributed by atoms with van der Waals surface area (Å²) >= 11 is 0. The first-order chi connectivity index (χ1) is 10.7. The molecule has 1 N–H and O–H groups in total. The van der Waals surface area contributed by atoms with Gasteiger partial charge in [-0.1, -0.05) is 6.92 Å². The van der Waals surface area contributed by atoms with Crippen LogP contribution in [0.5, 0.6) is 11.5 Å². The smallest absolute Gasteiger partial charge is 0.168 e. The molecule has 2 rings (SSSR count). The third kappa shape index (κ3) is 4.71. The fourth-order valence-electron chi connectivity index (χ4n) is 2.54. The molecule has 1 aromatic carbocycles. The minimum atomic E-state index is 0.109. The topological polar surface area (TPSA) is 50.8 Å². The summed E-state index contributed by atoms with van der Waals surface area (Å²) in [7, 11) is 1.59. The standard InChI is InChI=1S/C17H26N2O3/c1-3-12-22-14-4-5-17(21-2)15(13-14)16(20)6-9-19-10-7-18-8-11-19/h4-5,13,18H,3,6-12H2,1-2H3. The van der Waals surface area contributed by atoms with E-state index in [4.69, 9.17) is 9.47 Å². The number of piperazine rings is 1. The van der Waals surface area contributed by atoms with Gasteiger partial charge in [0.2, 0.25) is 0 Å². The highest BCUT2D eigenvalue weighted by molar-refractivity contribution is 5.99. The molecule has 0 bridgehead atoms. The molecular weight excluding hydrogens is 280 g/mol. The van der Waals surface area contributed by atoms with Crippen LogP contribution in [0.2, 0.25) is 0 Å². The van der Waals surface area contributed by atoms with Crippen LogP contribution in [0.4, 0.5) is 0 Å². The fourth-order valence-corrected chi connectivity index (χ4v) is 2.54. The van der Waals surface area contributed by atoms with Crippen LogP contribution < -0.4 is 14.8 Å². The summed E-state index contributed by atoms with van der Waals surface area (Å²) in [5.74, 6) is 1.46. The van der Waals surface area contributed by atoms with Gasteiger partial charge in [-0.25, -0.2) is 0 Å². The third-order valence-corrected chi connectivity index (χ3v) is 3.81. The molecule has 22 heavy (non-hydrogen) atoms. The van der Waals surface area contributed by atoms with Gasteiger partial charge in [0.1, 0.15) is 11.5 Å². The molecule has 1 fully saturated rings. The Bertz CT molecular complexity index is 485. The Kier molecular flexibility index (Phi) is 6.68. The fraction of sp³-hybridized carbons (Fsp3) is 0.588. The highest BCUT2D eigenvalue weighted by Crippen LogP contribution is 2.25. The molecule has 0 unspecified atom stereocenters. The number of hydrogen-bond acceptors (Lipinski definition) is 5. The van der Waals surface area contributed by atoms with E-state index in [1.54, 1.807) is 13.2 Å². The predicted octanol–water partition coefficient (Wildman–Crippen LogP) is 1.96. The summed E-state index contributed by atoms with van der Waals surface area (Å²) in [6.07, 6.45) is 1.45. The quantitative estimate of drug-likeness (QED) is 0.744. The van der Waals surface area contributed by atoms with Gasteiger partial charge in [0.15, 0.2) is 5.78 Å². The van der Waals surface area contributed by atoms with Crippen LogP contribution >= 0.6 is 0 Å². The molecule has 1 aliphatic rings. The minimum Gasteiger partial charge on any atom is -0.496 e. The second kappa shape index (κ2) is 8.76. The molecule has 5 nitrogen and oxygen atoms in total. The maximum atomic E-state index is 12.5. The van der Waals surface area contributed by atoms with E-state index >= 15 is 0 Å². The number of hydrogen-bond donors (Lipinski definition) is 1. The summed E-state index contributed by atoms with van der Waals surface area (Å²) in [5.41, 5.74) is 0.617. The molecule has 0 saturated carbocycles. The van der Waals surface area contributed by atoms with Crippen molar-refractivity contribution >= 4 is 5.78 Å². The first-order valence-corrected chi connectivity index (χ1v) is 8.01. The molecule has 0 aromatic heterocycles. The Morgan fingerprint density at radius 2 is 2.09 bits per heavy atom. The van der Waals surface area contributed by atoms with Crippen LogP contribution in [0.1, 0.15) is 30.1 Å². The maximum absolute atomic E-state index is 12.5. The Morgan fingerprint density at radius 3 is 2.77 bits per heavy atom. The van der Waals surface area contributed by atoms with E-state index in [1.807, 2.05) is 12.1 Å². The van der Waals surface area contributed by atoms with Crippen molar-refractivity contribution in [3.8, 4) is 11.5 Å². The molecule has 5 heteroatoms. The number of carbonyl (C=O) groups is 1. The molecule has 0 aliphatic carbocycles. The monoisotopic (exact) mass is 306 g/mol. The highest BCUT2D eigenvalue weighted by atomic mass is 16.5. The van der Waals surface area contributed by atoms with Crippen molar-refractivity contribution < 1.29 is 14.3 Å². The predicted molar refractivity (Wildman–Crippen MR) is 87.0 cm³/mol. The van der Waals surface area contributed by atoms with Crippen LogP contribution in [0, 0.1) is 0 Å². The lowest BCUT2D eigenvalue weighted by atomic mass is 10.1. The van der Waals surface area contributed by atoms with Crippen molar-refractivity contribution in [2.75, 3.05) is 46.4 Å². The van der Waals surface area contributed by atoms with E-state index in [0.717, 1.165) is 44.9 Å². The van der Waals surface area contributed by atoms with Crippen LogP contribution in [-0.4, -0.2) is 57.1 Å². The molecular formula is C17H26N2O3. The van der Waals surface area contributed by atoms with Gasteiger partial charge in [-0.05, 0) is 24.6 Å². The Balaban J connectivity index is 1.99. The van der Waals surface area contributed by atoms with Crippen LogP contribution in [0.25, 0.3) is 0 Å². The average molecular weight is 306 g/mol. The van der Waals surface area contributed by atoms with Gasteiger partial charge >= 0.3 is 0 Å². The summed E-state index contributed by atoms with van der Waals surface area (Å²) in [6.45, 7) is 7.51. The lowest BCUT2D eigenvalue weighted by molar-refractivity contribution is 0.0957. The van der Waals surface area contributed by atoms with E-state index in [0.29, 0.717) is 24.3 Å². The molecule has 0 amide bonds. The van der Waals surface area contributed by atoms with Gasteiger partial charge in [-0.15, -0.1) is 0 Å². The van der Waals surface area contributed by atoms with Gasteiger partial charge in [0.25, 0.3) is 0 Å². The minimum absolute atomic E-state index is 0.109. The Labute approximate surface area is 132 Å². The lowest BCUT2D eigenvalue weighted by Gasteiger charge is -2.26. The highest BCUT2D eigenvalue weighted by Gasteiger charge is 2.16. The normalized spacial score (nSPS) is 15.5. The summed E-state index contributed by atoms with van der Waals surface area (Å²) in [6, 6.07) is 5.46. The van der Waals surface area contributed by atoms with Crippen molar-refractivity contribution in [1.29, 1.82) is 0 Å². The zero-order chi connectivity index (χ0) is 15.8. The van der Waals surface area contributed by atoms with E-state index in [9.17, 15) is 4.79 Å². The van der Waals surface area contributed by atoms with E-state index in [1.165, 1.54) is 0 Å². The van der Waals surface area contributed by atoms with Crippen LogP contribution in [-0.2, 0) is 0 Å². The number of Topliss-reactive ketones (excluding diaryl/α,β-unsaturated/α-hetero) is 1. The molecule has 0 atom stereocenters. The molecule has 1 heterocycles. The summed E-state index contributed by atoms with van der Waals surface area (Å²) in [5, 5.41) is 3.32. The summed E-state index contributed by atoms with van der Waals surface area (Å²) < 4.78 is 10.9. The van der Waals surface area contributed by atoms with Crippen LogP contribution in [0.15, 0.2) is 18.2 Å². The first-order valence-electron chi connectivity index (χ1n) is 8.01. The van der Waals surface area contributed by atoms with Gasteiger partial charge in [-0.3, -0.25) is 4.79 Å². The molecule has 122 valence electrons. The zero-order valence-corrected chi connectivity index (χ0v) is 13.6. The summed E-state index contributed by atoms with van der Waals surface area (Å²) in [4.78, 5) is 14.8. The van der Waals surface area contributed by atoms with Crippen molar-refractivity contribution in [2.45, 2.75) is 19.8 Å². The van der Waals surface area contributed by atoms with Gasteiger partial charge in [-0.2, -0.15) is 0 Å². The molecule has 1 aromatic rings. The van der Waals surface area contributed by atoms with Gasteiger partial charge < -0.3 is 19.7 Å². The maximum Gasteiger partial charge on any atom is 0.168 e. The number of benzene rings is 1. The number of nitrogens with zero attached hydrogens (tertiary/aromatic N) is 1. The van der Waals surface area contributed by atoms with E-state index in [2.05, 4.69) is 17.1 Å². The largest absolute Gasteiger partial charge is 0.496 e. The first kappa shape index (κ1) is 16.8. The second-order valence-corrected chi connectivity index (χ2v) is 5.48. The Hall–Kier alpha value is -1.59. The molecule has 0 radical (unpaired) electrons. The molecule has 1 saturated heterocycles. The Morgan fingerprint density at radius 1 is 1.32 bits per heavy atom. The number of nitrogens with one attached hydrogen (secondary N) is 1. The second-order valence-electron chi connectivity index (χ2n) is 5.48. The van der Waals surface area contributed by atoms with E-state index in [-0.39, 0.29) is 5.78 Å². The third-order valence-electron chi connectivity index (χ3n) is 3.81. The van der Waals surface area contributed by atoms with Crippen molar-refractivity contribution in [3.05, 3.63) is 23.8 Å². The lowest BCUT2D eigenvalue weighted by Crippen LogP contribution is -2.44. The molecule has 1 aliphatic heterocycles. The number of carbonyl (C=O) groups excluding carboxylic acids is 1. The zero-order valence-electron chi connectivity index (χ0n) is 13.6. The van der Waals surface area contributed by atoms with Crippen LogP contribution in [0.3, 0.4) is 0 Å². The average Bonchev–Trinajstić information content (AvgIpc) is 2.58. The van der Waals surface area contributed by atoms with Gasteiger partial charge in [0, 0.05) is 39.1 Å². The number of ether oxygens (including phenoxy) is 2. The number of ketones is 1. The van der Waals surface area contributed by atoms with Crippen molar-refractivity contribution in [2.24, 2.45) is 0 Å². The molecule has 0 spiro atoms. The van der Waals surface area contributed by atoms with E-state index < -0.39 is 0 Å². The van der Waals surface area contributed by atoms with Gasteiger partial charge in [0.05, 0.1) is 19.3 Å². The number of methoxy groups -OCH3 is 1. The van der Waals surface area contributed by atoms with Crippen molar-refractivity contribution in [3.63, 3.8) is 0 Å². The van der Waals surface area contributed by atoms with Crippen molar-refractivity contribution in [1.82, 2.24) is 10.2 Å².